The summed E-state index contributed by atoms with van der Waals surface area (Å²) >= 11 is 9.11. The van der Waals surface area contributed by atoms with Crippen LogP contribution in [0, 0.1) is 0 Å². The molecule has 0 radical (unpaired) electrons. The number of esters is 1. The predicted molar refractivity (Wildman–Crippen MR) is 97.1 cm³/mol. The molecule has 0 aliphatic carbocycles. The molecule has 0 unspecified atom stereocenters. The summed E-state index contributed by atoms with van der Waals surface area (Å²) in [6.07, 6.45) is -4.72. The van der Waals surface area contributed by atoms with Gasteiger partial charge in [0.25, 0.3) is 10.0 Å². The second-order valence-corrected chi connectivity index (χ2v) is 8.39. The standard InChI is InChI=1S/C16H12BrClF3NO4S/c1-26-15(23)9-22(27(24,25)12-5-3-11(17)4-6-12)14-8-10(16(19,20)21)2-7-13(14)18/h2-8H,9H2,1H3. The fourth-order valence-corrected chi connectivity index (χ4v) is 4.05. The largest absolute Gasteiger partial charge is 0.468 e. The van der Waals surface area contributed by atoms with Crippen molar-refractivity contribution >= 4 is 49.2 Å². The maximum atomic E-state index is 13.0. The van der Waals surface area contributed by atoms with Crippen LogP contribution < -0.4 is 4.31 Å². The number of ether oxygens (including phenoxy) is 1. The number of hydrogen-bond donors (Lipinski definition) is 0. The number of nitrogens with zero attached hydrogens (tertiary/aromatic N) is 1. The highest BCUT2D eigenvalue weighted by Gasteiger charge is 2.34. The van der Waals surface area contributed by atoms with Crippen molar-refractivity contribution in [2.24, 2.45) is 0 Å². The molecule has 0 saturated carbocycles. The summed E-state index contributed by atoms with van der Waals surface area (Å²) in [5.74, 6) is -0.968. The molecule has 0 N–H and O–H groups in total. The Morgan fingerprint density at radius 1 is 1.19 bits per heavy atom. The minimum Gasteiger partial charge on any atom is -0.468 e. The molecule has 0 heterocycles. The van der Waals surface area contributed by atoms with Crippen molar-refractivity contribution in [1.82, 2.24) is 0 Å². The van der Waals surface area contributed by atoms with E-state index in [0.29, 0.717) is 20.9 Å². The molecule has 5 nitrogen and oxygen atoms in total. The van der Waals surface area contributed by atoms with Gasteiger partial charge in [0.15, 0.2) is 0 Å². The Kier molecular flexibility index (Phi) is 6.43. The van der Waals surface area contributed by atoms with E-state index >= 15 is 0 Å². The van der Waals surface area contributed by atoms with Crippen molar-refractivity contribution in [2.75, 3.05) is 18.0 Å². The van der Waals surface area contributed by atoms with Gasteiger partial charge in [-0.25, -0.2) is 8.42 Å². The minimum absolute atomic E-state index is 0.233. The average molecular weight is 487 g/mol. The molecule has 0 amide bonds. The Hall–Kier alpha value is -1.78. The molecule has 27 heavy (non-hydrogen) atoms. The third kappa shape index (κ3) is 4.94. The van der Waals surface area contributed by atoms with E-state index in [1.807, 2.05) is 0 Å². The molecule has 0 aliphatic rings. The van der Waals surface area contributed by atoms with Gasteiger partial charge in [0.2, 0.25) is 0 Å². The number of halogens is 5. The number of methoxy groups -OCH3 is 1. The molecule has 0 fully saturated rings. The van der Waals surface area contributed by atoms with Gasteiger partial charge in [0, 0.05) is 4.47 Å². The van der Waals surface area contributed by atoms with Crippen LogP contribution >= 0.6 is 27.5 Å². The lowest BCUT2D eigenvalue weighted by Gasteiger charge is -2.25. The van der Waals surface area contributed by atoms with Crippen molar-refractivity contribution in [2.45, 2.75) is 11.1 Å². The van der Waals surface area contributed by atoms with E-state index < -0.39 is 40.0 Å². The zero-order valence-electron chi connectivity index (χ0n) is 13.6. The smallest absolute Gasteiger partial charge is 0.416 e. The summed E-state index contributed by atoms with van der Waals surface area (Å²) < 4.78 is 70.6. The zero-order chi connectivity index (χ0) is 20.4. The van der Waals surface area contributed by atoms with E-state index in [2.05, 4.69) is 20.7 Å². The van der Waals surface area contributed by atoms with Gasteiger partial charge in [-0.3, -0.25) is 9.10 Å². The van der Waals surface area contributed by atoms with Crippen LogP contribution in [0.3, 0.4) is 0 Å². The molecule has 0 aromatic heterocycles. The first-order chi connectivity index (χ1) is 12.5. The number of benzene rings is 2. The fraction of sp³-hybridized carbons (Fsp3) is 0.188. The number of rotatable bonds is 5. The van der Waals surface area contributed by atoms with Crippen LogP contribution in [0.4, 0.5) is 18.9 Å². The van der Waals surface area contributed by atoms with Crippen LogP contribution in [0.2, 0.25) is 5.02 Å². The summed E-state index contributed by atoms with van der Waals surface area (Å²) in [6.45, 7) is -0.851. The van der Waals surface area contributed by atoms with E-state index in [9.17, 15) is 26.4 Å². The van der Waals surface area contributed by atoms with Crippen LogP contribution in [0.5, 0.6) is 0 Å². The van der Waals surface area contributed by atoms with Crippen molar-refractivity contribution in [1.29, 1.82) is 0 Å². The van der Waals surface area contributed by atoms with Gasteiger partial charge in [0.05, 0.1) is 28.3 Å². The highest BCUT2D eigenvalue weighted by Crippen LogP contribution is 2.37. The van der Waals surface area contributed by atoms with Gasteiger partial charge in [0.1, 0.15) is 6.54 Å². The number of alkyl halides is 3. The van der Waals surface area contributed by atoms with Crippen LogP contribution in [-0.2, 0) is 25.7 Å². The van der Waals surface area contributed by atoms with Gasteiger partial charge >= 0.3 is 12.1 Å². The molecule has 0 saturated heterocycles. The molecule has 0 aliphatic heterocycles. The maximum Gasteiger partial charge on any atom is 0.416 e. The lowest BCUT2D eigenvalue weighted by molar-refractivity contribution is -0.139. The van der Waals surface area contributed by atoms with E-state index in [-0.39, 0.29) is 9.92 Å². The number of carbonyl (C=O) groups is 1. The number of sulfonamides is 1. The van der Waals surface area contributed by atoms with Gasteiger partial charge in [-0.15, -0.1) is 0 Å². The Labute approximate surface area is 166 Å². The van der Waals surface area contributed by atoms with Crippen LogP contribution in [-0.4, -0.2) is 28.0 Å². The molecule has 0 bridgehead atoms. The lowest BCUT2D eigenvalue weighted by atomic mass is 10.2. The minimum atomic E-state index is -4.72. The second kappa shape index (κ2) is 8.07. The SMILES string of the molecule is COC(=O)CN(c1cc(C(F)(F)F)ccc1Cl)S(=O)(=O)c1ccc(Br)cc1. The van der Waals surface area contributed by atoms with E-state index in [4.69, 9.17) is 11.6 Å². The Morgan fingerprint density at radius 2 is 1.78 bits per heavy atom. The van der Waals surface area contributed by atoms with Gasteiger partial charge in [-0.1, -0.05) is 27.5 Å². The summed E-state index contributed by atoms with van der Waals surface area (Å²) in [5, 5.41) is -0.271. The Balaban J connectivity index is 2.65. The molecular formula is C16H12BrClF3NO4S. The van der Waals surface area contributed by atoms with E-state index in [1.54, 1.807) is 0 Å². The Morgan fingerprint density at radius 3 is 2.30 bits per heavy atom. The quantitative estimate of drug-likeness (QED) is 0.584. The summed E-state index contributed by atoms with van der Waals surface area (Å²) in [4.78, 5) is 11.5. The normalized spacial score (nSPS) is 11.9. The Bertz CT molecular complexity index is 949. The summed E-state index contributed by atoms with van der Waals surface area (Å²) in [7, 11) is -3.37. The van der Waals surface area contributed by atoms with Crippen molar-refractivity contribution in [3.8, 4) is 0 Å². The van der Waals surface area contributed by atoms with Crippen LogP contribution in [0.1, 0.15) is 5.56 Å². The first kappa shape index (κ1) is 21.5. The van der Waals surface area contributed by atoms with Gasteiger partial charge < -0.3 is 4.74 Å². The zero-order valence-corrected chi connectivity index (χ0v) is 16.8. The molecule has 2 rings (SSSR count). The van der Waals surface area contributed by atoms with E-state index in [1.165, 1.54) is 24.3 Å². The molecule has 146 valence electrons. The number of hydrogen-bond acceptors (Lipinski definition) is 4. The molecule has 2 aromatic rings. The van der Waals surface area contributed by atoms with Crippen molar-refractivity contribution in [3.05, 3.63) is 57.5 Å². The lowest BCUT2D eigenvalue weighted by Crippen LogP contribution is -2.36. The maximum absolute atomic E-state index is 13.0. The monoisotopic (exact) mass is 485 g/mol. The molecular weight excluding hydrogens is 475 g/mol. The first-order valence-electron chi connectivity index (χ1n) is 7.18. The first-order valence-corrected chi connectivity index (χ1v) is 9.80. The summed E-state index contributed by atoms with van der Waals surface area (Å²) in [5.41, 5.74) is -1.59. The third-order valence-electron chi connectivity index (χ3n) is 3.44. The highest BCUT2D eigenvalue weighted by atomic mass is 79.9. The second-order valence-electron chi connectivity index (χ2n) is 5.21. The topological polar surface area (TPSA) is 63.7 Å². The molecule has 2 aromatic carbocycles. The van der Waals surface area contributed by atoms with E-state index in [0.717, 1.165) is 13.2 Å². The van der Waals surface area contributed by atoms with Gasteiger partial charge in [-0.05, 0) is 42.5 Å². The molecule has 0 spiro atoms. The van der Waals surface area contributed by atoms with Crippen LogP contribution in [0.25, 0.3) is 0 Å². The fourth-order valence-electron chi connectivity index (χ4n) is 2.10. The van der Waals surface area contributed by atoms with Crippen molar-refractivity contribution in [3.63, 3.8) is 0 Å². The number of carbonyl (C=O) groups excluding carboxylic acids is 1. The average Bonchev–Trinajstić information content (AvgIpc) is 2.59. The predicted octanol–water partition coefficient (Wildman–Crippen LogP) is 4.49. The van der Waals surface area contributed by atoms with Gasteiger partial charge in [-0.2, -0.15) is 13.2 Å². The molecule has 0 atom stereocenters. The van der Waals surface area contributed by atoms with Crippen molar-refractivity contribution < 1.29 is 31.1 Å². The van der Waals surface area contributed by atoms with Crippen LogP contribution in [0.15, 0.2) is 51.8 Å². The summed E-state index contributed by atoms with van der Waals surface area (Å²) in [6, 6.07) is 7.57. The number of anilines is 1. The third-order valence-corrected chi connectivity index (χ3v) is 6.07. The highest BCUT2D eigenvalue weighted by molar-refractivity contribution is 9.10. The molecule has 11 heteroatoms.